The van der Waals surface area contributed by atoms with Gasteiger partial charge in [0.2, 0.25) is 0 Å². The van der Waals surface area contributed by atoms with Gasteiger partial charge in [-0.3, -0.25) is 9.58 Å². The zero-order valence-electron chi connectivity index (χ0n) is 18.0. The summed E-state index contributed by atoms with van der Waals surface area (Å²) in [5.74, 6) is -1.32. The summed E-state index contributed by atoms with van der Waals surface area (Å²) >= 11 is 5.19. The molecule has 5 nitrogen and oxygen atoms in total. The molecule has 1 aliphatic rings. The molecule has 0 aliphatic carbocycles. The molecular weight excluding hydrogens is 508 g/mol. The van der Waals surface area contributed by atoms with Gasteiger partial charge >= 0.3 is 0 Å². The Morgan fingerprint density at radius 3 is 2.70 bits per heavy atom. The molecule has 2 aromatic heterocycles. The number of benzene rings is 2. The Balaban J connectivity index is 1.41. The molecule has 0 fully saturated rings. The van der Waals surface area contributed by atoms with Gasteiger partial charge in [-0.05, 0) is 30.7 Å². The van der Waals surface area contributed by atoms with Crippen LogP contribution < -0.4 is 0 Å². The van der Waals surface area contributed by atoms with Crippen LogP contribution in [0.4, 0.5) is 8.78 Å². The molecule has 33 heavy (non-hydrogen) atoms. The summed E-state index contributed by atoms with van der Waals surface area (Å²) in [5, 5.41) is 5.23. The van der Waals surface area contributed by atoms with Gasteiger partial charge in [-0.1, -0.05) is 34.1 Å². The van der Waals surface area contributed by atoms with Gasteiger partial charge in [-0.2, -0.15) is 5.10 Å². The molecule has 2 aromatic carbocycles. The van der Waals surface area contributed by atoms with Crippen LogP contribution in [-0.2, 0) is 19.5 Å². The van der Waals surface area contributed by atoms with Crippen LogP contribution >= 0.6 is 27.3 Å². The number of aromatic nitrogens is 4. The van der Waals surface area contributed by atoms with Crippen LogP contribution in [0.3, 0.4) is 0 Å². The third-order valence-corrected chi connectivity index (χ3v) is 7.88. The highest BCUT2D eigenvalue weighted by atomic mass is 79.9. The average Bonchev–Trinajstić information content (AvgIpc) is 3.47. The molecule has 5 rings (SSSR count). The van der Waals surface area contributed by atoms with E-state index in [0.717, 1.165) is 46.3 Å². The molecule has 0 bridgehead atoms. The van der Waals surface area contributed by atoms with E-state index in [1.165, 1.54) is 17.3 Å². The number of hydrogen-bond donors (Lipinski definition) is 0. The maximum absolute atomic E-state index is 14.8. The minimum Gasteiger partial charge on any atom is -0.294 e. The number of rotatable bonds is 6. The normalized spacial score (nSPS) is 15.9. The second-order valence-electron chi connectivity index (χ2n) is 8.25. The zero-order valence-corrected chi connectivity index (χ0v) is 20.4. The third-order valence-electron chi connectivity index (χ3n) is 6.22. The standard InChI is InChI=1S/C24H22BrF2N5S/c1-15(20(11-32-14-28-13-29-32)19-7-6-18(26)10-21(19)27)31-9-8-22-23(12-31)33-24(30-22)16-2-4-17(25)5-3-16/h2-7,10,13-15,20H,8-9,11-12H2,1H3. The SMILES string of the molecule is CC(C(Cn1cncn1)c1ccc(F)cc1F)N1CCc2nc(-c3ccc(Br)cc3)sc2C1. The number of fused-ring (bicyclic) bond motifs is 1. The molecule has 2 unspecified atom stereocenters. The van der Waals surface area contributed by atoms with E-state index in [1.807, 2.05) is 12.1 Å². The fourth-order valence-corrected chi connectivity index (χ4v) is 5.78. The zero-order chi connectivity index (χ0) is 22.9. The van der Waals surface area contributed by atoms with Crippen LogP contribution in [0, 0.1) is 11.6 Å². The van der Waals surface area contributed by atoms with E-state index in [-0.39, 0.29) is 12.0 Å². The molecular formula is C24H22BrF2N5S. The van der Waals surface area contributed by atoms with Crippen LogP contribution in [0.25, 0.3) is 10.6 Å². The first kappa shape index (κ1) is 22.3. The summed E-state index contributed by atoms with van der Waals surface area (Å²) in [7, 11) is 0. The van der Waals surface area contributed by atoms with Gasteiger partial charge in [-0.15, -0.1) is 11.3 Å². The van der Waals surface area contributed by atoms with Gasteiger partial charge in [0.25, 0.3) is 0 Å². The molecule has 2 atom stereocenters. The predicted molar refractivity (Wildman–Crippen MR) is 128 cm³/mol. The van der Waals surface area contributed by atoms with Gasteiger partial charge in [0, 0.05) is 52.4 Å². The van der Waals surface area contributed by atoms with Crippen LogP contribution in [0.2, 0.25) is 0 Å². The van der Waals surface area contributed by atoms with Gasteiger partial charge in [0.1, 0.15) is 29.3 Å². The van der Waals surface area contributed by atoms with Crippen molar-refractivity contribution < 1.29 is 8.78 Å². The van der Waals surface area contributed by atoms with Crippen molar-refractivity contribution >= 4 is 27.3 Å². The fraction of sp³-hybridized carbons (Fsp3) is 0.292. The lowest BCUT2D eigenvalue weighted by Gasteiger charge is -2.37. The molecule has 0 saturated carbocycles. The molecule has 170 valence electrons. The van der Waals surface area contributed by atoms with E-state index in [4.69, 9.17) is 4.98 Å². The lowest BCUT2D eigenvalue weighted by molar-refractivity contribution is 0.157. The number of hydrogen-bond acceptors (Lipinski definition) is 5. The predicted octanol–water partition coefficient (Wildman–Crippen LogP) is 5.67. The molecule has 4 aromatic rings. The van der Waals surface area contributed by atoms with Crippen molar-refractivity contribution in [3.63, 3.8) is 0 Å². The molecule has 0 radical (unpaired) electrons. The highest BCUT2D eigenvalue weighted by molar-refractivity contribution is 9.10. The maximum atomic E-state index is 14.8. The molecule has 0 amide bonds. The first-order valence-electron chi connectivity index (χ1n) is 10.7. The van der Waals surface area contributed by atoms with Crippen LogP contribution in [0.5, 0.6) is 0 Å². The summed E-state index contributed by atoms with van der Waals surface area (Å²) in [4.78, 5) is 12.5. The van der Waals surface area contributed by atoms with Gasteiger partial charge in [-0.25, -0.2) is 18.7 Å². The molecule has 0 saturated heterocycles. The lowest BCUT2D eigenvalue weighted by atomic mass is 9.90. The van der Waals surface area contributed by atoms with Crippen molar-refractivity contribution in [1.82, 2.24) is 24.6 Å². The Morgan fingerprint density at radius 1 is 1.15 bits per heavy atom. The Bertz CT molecular complexity index is 1240. The second kappa shape index (κ2) is 9.40. The Labute approximate surface area is 203 Å². The minimum absolute atomic E-state index is 0.000502. The summed E-state index contributed by atoms with van der Waals surface area (Å²) in [6.45, 7) is 4.14. The van der Waals surface area contributed by atoms with Crippen molar-refractivity contribution in [1.29, 1.82) is 0 Å². The van der Waals surface area contributed by atoms with Gasteiger partial charge in [0.15, 0.2) is 0 Å². The first-order valence-corrected chi connectivity index (χ1v) is 12.3. The van der Waals surface area contributed by atoms with E-state index in [2.05, 4.69) is 50.0 Å². The highest BCUT2D eigenvalue weighted by Crippen LogP contribution is 2.35. The van der Waals surface area contributed by atoms with Crippen molar-refractivity contribution in [2.45, 2.75) is 38.4 Å². The topological polar surface area (TPSA) is 46.8 Å². The van der Waals surface area contributed by atoms with Gasteiger partial charge < -0.3 is 0 Å². The summed E-state index contributed by atoms with van der Waals surface area (Å²) in [5.41, 5.74) is 2.74. The quantitative estimate of drug-likeness (QED) is 0.322. The number of nitrogens with zero attached hydrogens (tertiary/aromatic N) is 5. The summed E-state index contributed by atoms with van der Waals surface area (Å²) in [6, 6.07) is 12.0. The van der Waals surface area contributed by atoms with E-state index >= 15 is 0 Å². The molecule has 0 spiro atoms. The first-order chi connectivity index (χ1) is 16.0. The largest absolute Gasteiger partial charge is 0.294 e. The van der Waals surface area contributed by atoms with Crippen LogP contribution in [-0.4, -0.2) is 37.2 Å². The van der Waals surface area contributed by atoms with Crippen LogP contribution in [0.15, 0.2) is 59.6 Å². The number of thiazole rings is 1. The van der Waals surface area contributed by atoms with E-state index < -0.39 is 11.6 Å². The van der Waals surface area contributed by atoms with E-state index in [9.17, 15) is 8.78 Å². The monoisotopic (exact) mass is 529 g/mol. The summed E-state index contributed by atoms with van der Waals surface area (Å²) < 4.78 is 31.1. The number of halogens is 3. The van der Waals surface area contributed by atoms with E-state index in [0.29, 0.717) is 12.1 Å². The molecule has 3 heterocycles. The van der Waals surface area contributed by atoms with Crippen molar-refractivity contribution in [3.8, 4) is 10.6 Å². The highest BCUT2D eigenvalue weighted by Gasteiger charge is 2.31. The Morgan fingerprint density at radius 2 is 1.97 bits per heavy atom. The van der Waals surface area contributed by atoms with Crippen LogP contribution in [0.1, 0.15) is 29.0 Å². The lowest BCUT2D eigenvalue weighted by Crippen LogP contribution is -2.42. The average molecular weight is 530 g/mol. The smallest absolute Gasteiger partial charge is 0.137 e. The molecule has 0 N–H and O–H groups in total. The van der Waals surface area contributed by atoms with Crippen molar-refractivity contribution in [2.75, 3.05) is 6.54 Å². The minimum atomic E-state index is -0.573. The fourth-order valence-electron chi connectivity index (χ4n) is 4.37. The third kappa shape index (κ3) is 4.76. The van der Waals surface area contributed by atoms with Crippen molar-refractivity contribution in [3.05, 3.63) is 87.4 Å². The molecule has 9 heteroatoms. The van der Waals surface area contributed by atoms with Crippen molar-refractivity contribution in [2.24, 2.45) is 0 Å². The van der Waals surface area contributed by atoms with Gasteiger partial charge in [0.05, 0.1) is 12.2 Å². The summed E-state index contributed by atoms with van der Waals surface area (Å²) in [6.07, 6.45) is 3.94. The Hall–Kier alpha value is -2.49. The maximum Gasteiger partial charge on any atom is 0.137 e. The Kier molecular flexibility index (Phi) is 6.36. The second-order valence-corrected chi connectivity index (χ2v) is 10.2. The molecule has 1 aliphatic heterocycles. The van der Waals surface area contributed by atoms with E-state index in [1.54, 1.807) is 28.4 Å².